The number of para-hydroxylation sites is 1. The minimum absolute atomic E-state index is 0.180. The maximum atomic E-state index is 12.5. The number of thiophene rings is 1. The van der Waals surface area contributed by atoms with E-state index in [1.807, 2.05) is 35.9 Å². The van der Waals surface area contributed by atoms with Gasteiger partial charge in [0.05, 0.1) is 21.4 Å². The number of carbonyl (C=O) groups is 1. The topological polar surface area (TPSA) is 83.6 Å². The van der Waals surface area contributed by atoms with Crippen molar-refractivity contribution >= 4 is 34.7 Å². The molecule has 1 unspecified atom stereocenters. The van der Waals surface area contributed by atoms with Crippen molar-refractivity contribution in [2.45, 2.75) is 30.8 Å². The third-order valence-corrected chi connectivity index (χ3v) is 5.68. The van der Waals surface area contributed by atoms with Gasteiger partial charge in [0.1, 0.15) is 6.07 Å². The lowest BCUT2D eigenvalue weighted by molar-refractivity contribution is -0.115. The second kappa shape index (κ2) is 8.17. The monoisotopic (exact) mass is 383 g/mol. The average Bonchev–Trinajstić information content (AvgIpc) is 3.31. The zero-order valence-electron chi connectivity index (χ0n) is 14.3. The van der Waals surface area contributed by atoms with E-state index in [4.69, 9.17) is 5.26 Å². The summed E-state index contributed by atoms with van der Waals surface area (Å²) in [5.41, 5.74) is 0.957. The Morgan fingerprint density at radius 2 is 2.15 bits per heavy atom. The molecule has 1 aromatic carbocycles. The summed E-state index contributed by atoms with van der Waals surface area (Å²) in [5, 5.41) is 22.8. The molecule has 0 aliphatic rings. The summed E-state index contributed by atoms with van der Waals surface area (Å²) >= 11 is 2.96. The molecule has 3 rings (SSSR count). The van der Waals surface area contributed by atoms with Crippen molar-refractivity contribution in [1.29, 1.82) is 5.26 Å². The van der Waals surface area contributed by atoms with E-state index in [0.717, 1.165) is 10.7 Å². The van der Waals surface area contributed by atoms with E-state index < -0.39 is 0 Å². The van der Waals surface area contributed by atoms with Crippen LogP contribution in [0.5, 0.6) is 0 Å². The van der Waals surface area contributed by atoms with Crippen LogP contribution in [0.15, 0.2) is 46.9 Å². The Balaban J connectivity index is 1.75. The molecule has 8 heteroatoms. The van der Waals surface area contributed by atoms with Gasteiger partial charge in [-0.3, -0.25) is 4.79 Å². The largest absolute Gasteiger partial charge is 0.324 e. The fourth-order valence-electron chi connectivity index (χ4n) is 2.38. The summed E-state index contributed by atoms with van der Waals surface area (Å²) in [7, 11) is 0. The standard InChI is InChI=1S/C18H17N5OS2/c1-3-23-16(15-9-6-10-25-15)21-22-18(23)26-12(2)17(24)20-14-8-5-4-7-13(14)11-19/h4-10,12H,3H2,1-2H3,(H,20,24). The predicted molar refractivity (Wildman–Crippen MR) is 104 cm³/mol. The number of hydrogen-bond donors (Lipinski definition) is 1. The fourth-order valence-corrected chi connectivity index (χ4v) is 4.01. The summed E-state index contributed by atoms with van der Waals surface area (Å²) in [4.78, 5) is 13.6. The summed E-state index contributed by atoms with van der Waals surface area (Å²) in [6.45, 7) is 4.56. The van der Waals surface area contributed by atoms with Crippen LogP contribution >= 0.6 is 23.1 Å². The van der Waals surface area contributed by atoms with E-state index in [2.05, 4.69) is 21.6 Å². The molecule has 2 heterocycles. The Morgan fingerprint density at radius 3 is 2.85 bits per heavy atom. The number of nitrogens with one attached hydrogen (secondary N) is 1. The Kier molecular flexibility index (Phi) is 5.71. The molecule has 0 spiro atoms. The molecule has 6 nitrogen and oxygen atoms in total. The van der Waals surface area contributed by atoms with Crippen molar-refractivity contribution in [3.63, 3.8) is 0 Å². The van der Waals surface area contributed by atoms with Crippen LogP contribution in [-0.4, -0.2) is 25.9 Å². The van der Waals surface area contributed by atoms with E-state index in [0.29, 0.717) is 23.0 Å². The molecule has 0 saturated carbocycles. The highest BCUT2D eigenvalue weighted by atomic mass is 32.2. The SMILES string of the molecule is CCn1c(SC(C)C(=O)Nc2ccccc2C#N)nnc1-c1cccs1. The first-order chi connectivity index (χ1) is 12.6. The fraction of sp³-hybridized carbons (Fsp3) is 0.222. The first-order valence-electron chi connectivity index (χ1n) is 8.07. The molecule has 132 valence electrons. The molecule has 26 heavy (non-hydrogen) atoms. The molecule has 1 N–H and O–H groups in total. The molecule has 1 amide bonds. The molecule has 1 atom stereocenters. The van der Waals surface area contributed by atoms with Gasteiger partial charge < -0.3 is 9.88 Å². The van der Waals surface area contributed by atoms with Gasteiger partial charge in [-0.15, -0.1) is 21.5 Å². The van der Waals surface area contributed by atoms with E-state index in [-0.39, 0.29) is 11.2 Å². The second-order valence-electron chi connectivity index (χ2n) is 5.43. The third-order valence-electron chi connectivity index (χ3n) is 3.73. The Bertz CT molecular complexity index is 943. The van der Waals surface area contributed by atoms with Gasteiger partial charge in [0.2, 0.25) is 5.91 Å². The molecular formula is C18H17N5OS2. The number of nitrogens with zero attached hydrogens (tertiary/aromatic N) is 4. The third kappa shape index (κ3) is 3.79. The Hall–Kier alpha value is -2.63. The summed E-state index contributed by atoms with van der Waals surface area (Å²) in [6.07, 6.45) is 0. The number of benzene rings is 1. The van der Waals surface area contributed by atoms with E-state index in [1.165, 1.54) is 11.8 Å². The van der Waals surface area contributed by atoms with Crippen LogP contribution < -0.4 is 5.32 Å². The van der Waals surface area contributed by atoms with Gasteiger partial charge in [0.15, 0.2) is 11.0 Å². The molecule has 0 saturated heterocycles. The lowest BCUT2D eigenvalue weighted by atomic mass is 10.2. The lowest BCUT2D eigenvalue weighted by Crippen LogP contribution is -2.23. The highest BCUT2D eigenvalue weighted by Gasteiger charge is 2.21. The highest BCUT2D eigenvalue weighted by molar-refractivity contribution is 8.00. The quantitative estimate of drug-likeness (QED) is 0.650. The van der Waals surface area contributed by atoms with Crippen molar-refractivity contribution in [2.24, 2.45) is 0 Å². The summed E-state index contributed by atoms with van der Waals surface area (Å²) in [5.74, 6) is 0.633. The van der Waals surface area contributed by atoms with Crippen molar-refractivity contribution < 1.29 is 4.79 Å². The number of rotatable bonds is 6. The van der Waals surface area contributed by atoms with Crippen molar-refractivity contribution in [3.05, 3.63) is 47.3 Å². The van der Waals surface area contributed by atoms with Gasteiger partial charge in [-0.2, -0.15) is 5.26 Å². The van der Waals surface area contributed by atoms with Crippen LogP contribution in [-0.2, 0) is 11.3 Å². The zero-order chi connectivity index (χ0) is 18.5. The van der Waals surface area contributed by atoms with Gasteiger partial charge in [-0.25, -0.2) is 0 Å². The van der Waals surface area contributed by atoms with Gasteiger partial charge in [0, 0.05) is 6.54 Å². The zero-order valence-corrected chi connectivity index (χ0v) is 16.0. The van der Waals surface area contributed by atoms with Crippen LogP contribution in [0.25, 0.3) is 10.7 Å². The summed E-state index contributed by atoms with van der Waals surface area (Å²) in [6, 6.07) is 13.0. The molecule has 2 aromatic heterocycles. The van der Waals surface area contributed by atoms with Crippen LogP contribution in [0.4, 0.5) is 5.69 Å². The van der Waals surface area contributed by atoms with Gasteiger partial charge in [-0.1, -0.05) is 30.0 Å². The second-order valence-corrected chi connectivity index (χ2v) is 7.69. The minimum atomic E-state index is -0.382. The lowest BCUT2D eigenvalue weighted by Gasteiger charge is -2.13. The first-order valence-corrected chi connectivity index (χ1v) is 9.83. The maximum Gasteiger partial charge on any atom is 0.237 e. The predicted octanol–water partition coefficient (Wildman–Crippen LogP) is 4.02. The number of carbonyl (C=O) groups excluding carboxylic acids is 1. The number of anilines is 1. The molecular weight excluding hydrogens is 366 g/mol. The molecule has 3 aromatic rings. The average molecular weight is 384 g/mol. The van der Waals surface area contributed by atoms with Gasteiger partial charge in [-0.05, 0) is 37.4 Å². The molecule has 0 aliphatic heterocycles. The van der Waals surface area contributed by atoms with Crippen LogP contribution in [0.2, 0.25) is 0 Å². The minimum Gasteiger partial charge on any atom is -0.324 e. The van der Waals surface area contributed by atoms with Gasteiger partial charge >= 0.3 is 0 Å². The van der Waals surface area contributed by atoms with Crippen LogP contribution in [0.1, 0.15) is 19.4 Å². The van der Waals surface area contributed by atoms with Crippen LogP contribution in [0.3, 0.4) is 0 Å². The number of hydrogen-bond acceptors (Lipinski definition) is 6. The van der Waals surface area contributed by atoms with Crippen molar-refractivity contribution in [3.8, 4) is 16.8 Å². The normalized spacial score (nSPS) is 11.7. The van der Waals surface area contributed by atoms with E-state index in [1.54, 1.807) is 35.6 Å². The number of nitriles is 1. The maximum absolute atomic E-state index is 12.5. The number of thioether (sulfide) groups is 1. The molecule has 0 fully saturated rings. The summed E-state index contributed by atoms with van der Waals surface area (Å²) < 4.78 is 2.00. The highest BCUT2D eigenvalue weighted by Crippen LogP contribution is 2.29. The van der Waals surface area contributed by atoms with Crippen molar-refractivity contribution in [2.75, 3.05) is 5.32 Å². The van der Waals surface area contributed by atoms with Gasteiger partial charge in [0.25, 0.3) is 0 Å². The van der Waals surface area contributed by atoms with Crippen molar-refractivity contribution in [1.82, 2.24) is 14.8 Å². The number of amides is 1. The molecule has 0 radical (unpaired) electrons. The van der Waals surface area contributed by atoms with Crippen LogP contribution in [0, 0.1) is 11.3 Å². The first kappa shape index (κ1) is 18.2. The van der Waals surface area contributed by atoms with E-state index >= 15 is 0 Å². The molecule has 0 aliphatic carbocycles. The smallest absolute Gasteiger partial charge is 0.237 e. The Labute approximate surface area is 159 Å². The van der Waals surface area contributed by atoms with E-state index in [9.17, 15) is 4.79 Å². The Morgan fingerprint density at radius 1 is 1.35 bits per heavy atom. The number of aromatic nitrogens is 3. The molecule has 0 bridgehead atoms.